The number of hydrogen-bond acceptors (Lipinski definition) is 2. The zero-order chi connectivity index (χ0) is 14.4. The van der Waals surface area contributed by atoms with Crippen LogP contribution in [0, 0.1) is 0 Å². The second kappa shape index (κ2) is 7.30. The minimum absolute atomic E-state index is 0.226. The van der Waals surface area contributed by atoms with Crippen molar-refractivity contribution in [2.24, 2.45) is 0 Å². The number of furan rings is 1. The van der Waals surface area contributed by atoms with Gasteiger partial charge in [-0.25, -0.2) is 0 Å². The van der Waals surface area contributed by atoms with Crippen molar-refractivity contribution in [3.8, 4) is 0 Å². The highest BCUT2D eigenvalue weighted by molar-refractivity contribution is 5.35. The van der Waals surface area contributed by atoms with Crippen LogP contribution in [0.25, 0.3) is 0 Å². The van der Waals surface area contributed by atoms with Gasteiger partial charge >= 0.3 is 0 Å². The summed E-state index contributed by atoms with van der Waals surface area (Å²) in [6, 6.07) is 11.3. The first kappa shape index (κ1) is 14.9. The first-order valence-corrected chi connectivity index (χ1v) is 7.68. The summed E-state index contributed by atoms with van der Waals surface area (Å²) in [5.41, 5.74) is 3.98. The number of hydrogen-bond donors (Lipinski definition) is 1. The van der Waals surface area contributed by atoms with E-state index in [9.17, 15) is 0 Å². The van der Waals surface area contributed by atoms with E-state index < -0.39 is 0 Å². The van der Waals surface area contributed by atoms with Crippen LogP contribution in [-0.2, 0) is 12.8 Å². The highest BCUT2D eigenvalue weighted by Crippen LogP contribution is 2.27. The molecular weight excluding hydrogens is 246 g/mol. The third-order valence-electron chi connectivity index (χ3n) is 3.67. The minimum atomic E-state index is 0.226. The molecule has 1 atom stereocenters. The molecule has 2 heteroatoms. The molecule has 0 bridgehead atoms. The minimum Gasteiger partial charge on any atom is -0.469 e. The summed E-state index contributed by atoms with van der Waals surface area (Å²) < 4.78 is 5.58. The molecule has 1 N–H and O–H groups in total. The van der Waals surface area contributed by atoms with Gasteiger partial charge in [0, 0.05) is 12.0 Å². The first-order valence-electron chi connectivity index (χ1n) is 7.68. The lowest BCUT2D eigenvalue weighted by molar-refractivity contribution is 0.502. The second-order valence-electron chi connectivity index (χ2n) is 5.13. The lowest BCUT2D eigenvalue weighted by atomic mass is 9.96. The SMILES string of the molecule is CCCc1ccc(C(NCC)c2ccoc2CC)cc1. The Hall–Kier alpha value is -1.54. The third kappa shape index (κ3) is 3.31. The third-order valence-corrected chi connectivity index (χ3v) is 3.67. The summed E-state index contributed by atoms with van der Waals surface area (Å²) in [4.78, 5) is 0. The van der Waals surface area contributed by atoms with Crippen molar-refractivity contribution >= 4 is 0 Å². The number of nitrogens with one attached hydrogen (secondary N) is 1. The summed E-state index contributed by atoms with van der Waals surface area (Å²) in [6.45, 7) is 7.43. The van der Waals surface area contributed by atoms with Crippen LogP contribution >= 0.6 is 0 Å². The predicted octanol–water partition coefficient (Wildman–Crippen LogP) is 4.49. The van der Waals surface area contributed by atoms with Crippen LogP contribution in [0.4, 0.5) is 0 Å². The molecular formula is C18H25NO. The standard InChI is InChI=1S/C18H25NO/c1-4-7-14-8-10-15(11-9-14)18(19-6-3)16-12-13-20-17(16)5-2/h8-13,18-19H,4-7H2,1-3H3. The van der Waals surface area contributed by atoms with Gasteiger partial charge in [-0.1, -0.05) is 51.5 Å². The number of rotatable bonds is 7. The van der Waals surface area contributed by atoms with Gasteiger partial charge in [0.1, 0.15) is 5.76 Å². The zero-order valence-electron chi connectivity index (χ0n) is 12.8. The molecule has 1 aromatic heterocycles. The molecule has 0 fully saturated rings. The molecule has 2 rings (SSSR count). The summed E-state index contributed by atoms with van der Waals surface area (Å²) in [7, 11) is 0. The fourth-order valence-corrected chi connectivity index (χ4v) is 2.67. The zero-order valence-corrected chi connectivity index (χ0v) is 12.8. The van der Waals surface area contributed by atoms with Crippen LogP contribution < -0.4 is 5.32 Å². The average Bonchev–Trinajstić information content (AvgIpc) is 2.94. The van der Waals surface area contributed by atoms with Crippen LogP contribution in [0.1, 0.15) is 55.7 Å². The van der Waals surface area contributed by atoms with Gasteiger partial charge in [0.15, 0.2) is 0 Å². The Labute approximate surface area is 122 Å². The molecule has 108 valence electrons. The van der Waals surface area contributed by atoms with Crippen LogP contribution in [0.5, 0.6) is 0 Å². The Morgan fingerprint density at radius 2 is 1.80 bits per heavy atom. The van der Waals surface area contributed by atoms with Crippen LogP contribution in [0.15, 0.2) is 41.0 Å². The summed E-state index contributed by atoms with van der Waals surface area (Å²) in [5.74, 6) is 1.08. The fraction of sp³-hybridized carbons (Fsp3) is 0.444. The van der Waals surface area contributed by atoms with Gasteiger partial charge in [0.25, 0.3) is 0 Å². The molecule has 2 aromatic rings. The van der Waals surface area contributed by atoms with Crippen LogP contribution in [-0.4, -0.2) is 6.54 Å². The van der Waals surface area contributed by atoms with Gasteiger partial charge in [-0.05, 0) is 30.2 Å². The van der Waals surface area contributed by atoms with Crippen LogP contribution in [0.2, 0.25) is 0 Å². The molecule has 2 nitrogen and oxygen atoms in total. The molecule has 0 aliphatic rings. The second-order valence-corrected chi connectivity index (χ2v) is 5.13. The molecule has 20 heavy (non-hydrogen) atoms. The quantitative estimate of drug-likeness (QED) is 0.802. The van der Waals surface area contributed by atoms with Crippen molar-refractivity contribution < 1.29 is 4.42 Å². The van der Waals surface area contributed by atoms with Gasteiger partial charge in [-0.2, -0.15) is 0 Å². The highest BCUT2D eigenvalue weighted by atomic mass is 16.3. The fourth-order valence-electron chi connectivity index (χ4n) is 2.67. The lowest BCUT2D eigenvalue weighted by Crippen LogP contribution is -2.22. The van der Waals surface area contributed by atoms with E-state index >= 15 is 0 Å². The molecule has 1 aromatic carbocycles. The Kier molecular flexibility index (Phi) is 5.42. The van der Waals surface area contributed by atoms with Gasteiger partial charge < -0.3 is 9.73 Å². The van der Waals surface area contributed by atoms with Crippen molar-refractivity contribution in [1.29, 1.82) is 0 Å². The van der Waals surface area contributed by atoms with E-state index in [2.05, 4.69) is 56.4 Å². The molecule has 0 aliphatic heterocycles. The topological polar surface area (TPSA) is 25.2 Å². The molecule has 0 radical (unpaired) electrons. The number of benzene rings is 1. The summed E-state index contributed by atoms with van der Waals surface area (Å²) >= 11 is 0. The largest absolute Gasteiger partial charge is 0.469 e. The van der Waals surface area contributed by atoms with Gasteiger partial charge in [-0.15, -0.1) is 0 Å². The first-order chi connectivity index (χ1) is 9.80. The molecule has 0 spiro atoms. The molecule has 1 heterocycles. The Morgan fingerprint density at radius 3 is 2.40 bits per heavy atom. The van der Waals surface area contributed by atoms with Crippen molar-refractivity contribution in [2.75, 3.05) is 6.54 Å². The monoisotopic (exact) mass is 271 g/mol. The Balaban J connectivity index is 2.28. The highest BCUT2D eigenvalue weighted by Gasteiger charge is 2.18. The average molecular weight is 271 g/mol. The van der Waals surface area contributed by atoms with Crippen molar-refractivity contribution in [3.05, 3.63) is 59.0 Å². The summed E-state index contributed by atoms with van der Waals surface area (Å²) in [6.07, 6.45) is 5.07. The van der Waals surface area contributed by atoms with Crippen LogP contribution in [0.3, 0.4) is 0 Å². The Bertz CT molecular complexity index is 512. The van der Waals surface area contributed by atoms with E-state index in [1.165, 1.54) is 23.1 Å². The normalized spacial score (nSPS) is 12.6. The van der Waals surface area contributed by atoms with E-state index in [0.29, 0.717) is 0 Å². The van der Waals surface area contributed by atoms with Gasteiger partial charge in [-0.3, -0.25) is 0 Å². The molecule has 0 aliphatic carbocycles. The van der Waals surface area contributed by atoms with Gasteiger partial charge in [0.05, 0.1) is 12.3 Å². The molecule has 0 amide bonds. The molecule has 0 saturated carbocycles. The van der Waals surface area contributed by atoms with E-state index in [1.807, 2.05) is 0 Å². The smallest absolute Gasteiger partial charge is 0.108 e. The lowest BCUT2D eigenvalue weighted by Gasteiger charge is -2.19. The van der Waals surface area contributed by atoms with Crippen molar-refractivity contribution in [3.63, 3.8) is 0 Å². The van der Waals surface area contributed by atoms with Gasteiger partial charge in [0.2, 0.25) is 0 Å². The maximum absolute atomic E-state index is 5.58. The maximum Gasteiger partial charge on any atom is 0.108 e. The predicted molar refractivity (Wildman–Crippen MR) is 84.0 cm³/mol. The van der Waals surface area contributed by atoms with E-state index in [4.69, 9.17) is 4.42 Å². The Morgan fingerprint density at radius 1 is 1.05 bits per heavy atom. The molecule has 1 unspecified atom stereocenters. The van der Waals surface area contributed by atoms with E-state index in [1.54, 1.807) is 6.26 Å². The van der Waals surface area contributed by atoms with E-state index in [0.717, 1.165) is 25.1 Å². The van der Waals surface area contributed by atoms with Crippen molar-refractivity contribution in [2.45, 2.75) is 46.1 Å². The van der Waals surface area contributed by atoms with Crippen molar-refractivity contribution in [1.82, 2.24) is 5.32 Å². The number of aryl methyl sites for hydroxylation is 2. The maximum atomic E-state index is 5.58. The molecule has 0 saturated heterocycles. The summed E-state index contributed by atoms with van der Waals surface area (Å²) in [5, 5.41) is 3.57. The van der Waals surface area contributed by atoms with E-state index in [-0.39, 0.29) is 6.04 Å².